The molecule has 6 heteroatoms. The van der Waals surface area contributed by atoms with Gasteiger partial charge in [0, 0.05) is 44.7 Å². The average Bonchev–Trinajstić information content (AvgIpc) is 3.23. The Morgan fingerprint density at radius 2 is 1.67 bits per heavy atom. The third-order valence-electron chi connectivity index (χ3n) is 9.64. The Hall–Kier alpha value is -0.690. The Morgan fingerprint density at radius 1 is 0.867 bits per heavy atom. The van der Waals surface area contributed by atoms with Crippen LogP contribution in [0.25, 0.3) is 0 Å². The number of rotatable bonds is 3. The SMILES string of the molecule is CC(=O)N(C)C1CCC(C2NNC3CNC4CCC(C5CCCNC5)CC4C32)CC1. The fourth-order valence-corrected chi connectivity index (χ4v) is 7.84. The molecule has 3 heterocycles. The summed E-state index contributed by atoms with van der Waals surface area (Å²) >= 11 is 0. The third-order valence-corrected chi connectivity index (χ3v) is 9.64. The van der Waals surface area contributed by atoms with Crippen molar-refractivity contribution in [2.75, 3.05) is 26.7 Å². The maximum atomic E-state index is 11.8. The van der Waals surface area contributed by atoms with E-state index in [1.807, 2.05) is 11.9 Å². The predicted molar refractivity (Wildman–Crippen MR) is 120 cm³/mol. The zero-order valence-electron chi connectivity index (χ0n) is 19.0. The standard InChI is InChI=1S/C24H43N5O/c1-15(30)29(2)19-8-5-16(6-9-19)24-23-20-12-17(18-4-3-11-25-13-18)7-10-21(20)26-14-22(23)27-28-24/h16-28H,3-14H2,1-2H3. The first-order chi connectivity index (χ1) is 14.6. The molecule has 7 unspecified atom stereocenters. The van der Waals surface area contributed by atoms with Gasteiger partial charge in [-0.3, -0.25) is 15.6 Å². The number of carbonyl (C=O) groups excluding carboxylic acids is 1. The summed E-state index contributed by atoms with van der Waals surface area (Å²) in [7, 11) is 1.98. The molecule has 7 atom stereocenters. The number of fused-ring (bicyclic) bond motifs is 3. The van der Waals surface area contributed by atoms with Crippen molar-refractivity contribution in [1.29, 1.82) is 0 Å². The maximum absolute atomic E-state index is 11.8. The van der Waals surface area contributed by atoms with Crippen LogP contribution in [-0.4, -0.2) is 61.7 Å². The van der Waals surface area contributed by atoms with Crippen LogP contribution in [0.15, 0.2) is 0 Å². The topological polar surface area (TPSA) is 68.4 Å². The summed E-state index contributed by atoms with van der Waals surface area (Å²) in [4.78, 5) is 13.8. The Kier molecular flexibility index (Phi) is 6.38. The lowest BCUT2D eigenvalue weighted by atomic mass is 9.61. The monoisotopic (exact) mass is 417 g/mol. The van der Waals surface area contributed by atoms with E-state index in [4.69, 9.17) is 0 Å². The molecule has 2 aliphatic carbocycles. The van der Waals surface area contributed by atoms with E-state index in [2.05, 4.69) is 21.5 Å². The van der Waals surface area contributed by atoms with Gasteiger partial charge < -0.3 is 15.5 Å². The molecule has 30 heavy (non-hydrogen) atoms. The van der Waals surface area contributed by atoms with Crippen LogP contribution in [-0.2, 0) is 4.79 Å². The van der Waals surface area contributed by atoms with Crippen molar-refractivity contribution < 1.29 is 4.79 Å². The fraction of sp³-hybridized carbons (Fsp3) is 0.958. The molecule has 2 saturated carbocycles. The number of hydrogen-bond acceptors (Lipinski definition) is 5. The molecule has 0 radical (unpaired) electrons. The van der Waals surface area contributed by atoms with Gasteiger partial charge in [0.1, 0.15) is 0 Å². The van der Waals surface area contributed by atoms with Crippen molar-refractivity contribution in [2.45, 2.75) is 88.9 Å². The average molecular weight is 418 g/mol. The number of nitrogens with zero attached hydrogens (tertiary/aromatic N) is 1. The third kappa shape index (κ3) is 4.05. The van der Waals surface area contributed by atoms with Crippen LogP contribution < -0.4 is 21.5 Å². The van der Waals surface area contributed by atoms with Crippen molar-refractivity contribution in [2.24, 2.45) is 29.6 Å². The molecule has 0 spiro atoms. The molecule has 3 aliphatic heterocycles. The second-order valence-electron chi connectivity index (χ2n) is 11.1. The Bertz CT molecular complexity index is 600. The largest absolute Gasteiger partial charge is 0.343 e. The van der Waals surface area contributed by atoms with E-state index in [1.54, 1.807) is 6.92 Å². The molecule has 0 aromatic carbocycles. The highest BCUT2D eigenvalue weighted by molar-refractivity contribution is 5.73. The van der Waals surface area contributed by atoms with E-state index in [0.717, 1.165) is 42.2 Å². The van der Waals surface area contributed by atoms with E-state index in [9.17, 15) is 4.79 Å². The highest BCUT2D eigenvalue weighted by Crippen LogP contribution is 2.46. The van der Waals surface area contributed by atoms with Crippen LogP contribution >= 0.6 is 0 Å². The number of nitrogens with one attached hydrogen (secondary N) is 4. The van der Waals surface area contributed by atoms with Gasteiger partial charge in [-0.25, -0.2) is 0 Å². The number of piperidine rings is 2. The van der Waals surface area contributed by atoms with Gasteiger partial charge in [-0.15, -0.1) is 0 Å². The van der Waals surface area contributed by atoms with Gasteiger partial charge in [-0.1, -0.05) is 0 Å². The minimum Gasteiger partial charge on any atom is -0.343 e. The molecular formula is C24H43N5O. The number of hydrazine groups is 1. The van der Waals surface area contributed by atoms with Gasteiger partial charge in [0.25, 0.3) is 0 Å². The van der Waals surface area contributed by atoms with Gasteiger partial charge in [0.2, 0.25) is 5.91 Å². The van der Waals surface area contributed by atoms with Gasteiger partial charge >= 0.3 is 0 Å². The minimum absolute atomic E-state index is 0.214. The first kappa shape index (κ1) is 21.2. The molecule has 5 aliphatic rings. The minimum atomic E-state index is 0.214. The predicted octanol–water partition coefficient (Wildman–Crippen LogP) is 1.87. The summed E-state index contributed by atoms with van der Waals surface area (Å²) in [5.74, 6) is 4.36. The van der Waals surface area contributed by atoms with E-state index in [-0.39, 0.29) is 5.91 Å². The Morgan fingerprint density at radius 3 is 2.40 bits per heavy atom. The zero-order valence-corrected chi connectivity index (χ0v) is 19.0. The van der Waals surface area contributed by atoms with Crippen LogP contribution in [0, 0.1) is 29.6 Å². The van der Waals surface area contributed by atoms with E-state index in [0.29, 0.717) is 18.1 Å². The summed E-state index contributed by atoms with van der Waals surface area (Å²) in [5, 5.41) is 7.58. The first-order valence-electron chi connectivity index (χ1n) is 12.8. The summed E-state index contributed by atoms with van der Waals surface area (Å²) < 4.78 is 0. The van der Waals surface area contributed by atoms with Crippen LogP contribution in [0.4, 0.5) is 0 Å². The Balaban J connectivity index is 1.25. The smallest absolute Gasteiger partial charge is 0.219 e. The van der Waals surface area contributed by atoms with Crippen LogP contribution in [0.3, 0.4) is 0 Å². The van der Waals surface area contributed by atoms with E-state index in [1.165, 1.54) is 70.9 Å². The zero-order chi connectivity index (χ0) is 20.7. The molecule has 0 aromatic heterocycles. The van der Waals surface area contributed by atoms with Crippen LogP contribution in [0.5, 0.6) is 0 Å². The highest BCUT2D eigenvalue weighted by atomic mass is 16.2. The van der Waals surface area contributed by atoms with Crippen LogP contribution in [0.2, 0.25) is 0 Å². The van der Waals surface area contributed by atoms with Gasteiger partial charge in [-0.05, 0) is 100 Å². The van der Waals surface area contributed by atoms with Gasteiger partial charge in [0.15, 0.2) is 0 Å². The summed E-state index contributed by atoms with van der Waals surface area (Å²) in [6, 6.07) is 2.36. The van der Waals surface area contributed by atoms with Gasteiger partial charge in [-0.2, -0.15) is 0 Å². The van der Waals surface area contributed by atoms with Crippen molar-refractivity contribution in [1.82, 2.24) is 26.4 Å². The van der Waals surface area contributed by atoms with E-state index < -0.39 is 0 Å². The molecule has 3 saturated heterocycles. The summed E-state index contributed by atoms with van der Waals surface area (Å²) in [5.41, 5.74) is 7.48. The molecular weight excluding hydrogens is 374 g/mol. The van der Waals surface area contributed by atoms with Crippen molar-refractivity contribution >= 4 is 5.91 Å². The molecule has 5 rings (SSSR count). The molecule has 0 bridgehead atoms. The first-order valence-corrected chi connectivity index (χ1v) is 12.8. The molecule has 6 nitrogen and oxygen atoms in total. The van der Waals surface area contributed by atoms with Crippen molar-refractivity contribution in [3.8, 4) is 0 Å². The maximum Gasteiger partial charge on any atom is 0.219 e. The number of carbonyl (C=O) groups is 1. The number of hydrogen-bond donors (Lipinski definition) is 4. The Labute approximate surface area is 182 Å². The van der Waals surface area contributed by atoms with Crippen LogP contribution in [0.1, 0.15) is 64.7 Å². The molecule has 0 aromatic rings. The lowest BCUT2D eigenvalue weighted by molar-refractivity contribution is -0.130. The van der Waals surface area contributed by atoms with Crippen molar-refractivity contribution in [3.05, 3.63) is 0 Å². The highest BCUT2D eigenvalue weighted by Gasteiger charge is 2.51. The van der Waals surface area contributed by atoms with Crippen molar-refractivity contribution in [3.63, 3.8) is 0 Å². The fourth-order valence-electron chi connectivity index (χ4n) is 7.84. The normalized spacial score (nSPS) is 46.7. The molecule has 5 fully saturated rings. The second-order valence-corrected chi connectivity index (χ2v) is 11.1. The molecule has 1 amide bonds. The lowest BCUT2D eigenvalue weighted by Crippen LogP contribution is -2.59. The van der Waals surface area contributed by atoms with Gasteiger partial charge in [0.05, 0.1) is 0 Å². The molecule has 170 valence electrons. The van der Waals surface area contributed by atoms with E-state index >= 15 is 0 Å². The summed E-state index contributed by atoms with van der Waals surface area (Å²) in [6.45, 7) is 5.29. The lowest BCUT2D eigenvalue weighted by Gasteiger charge is -2.50. The number of amides is 1. The quantitative estimate of drug-likeness (QED) is 0.565. The second kappa shape index (κ2) is 9.05. The molecule has 4 N–H and O–H groups in total. The summed E-state index contributed by atoms with van der Waals surface area (Å²) in [6.07, 6.45) is 11.9.